The van der Waals surface area contributed by atoms with Gasteiger partial charge in [-0.25, -0.2) is 0 Å². The van der Waals surface area contributed by atoms with Crippen molar-refractivity contribution < 1.29 is 4.79 Å². The van der Waals surface area contributed by atoms with Gasteiger partial charge in [-0.2, -0.15) is 0 Å². The molecular formula is C20H33IN4O. The normalized spacial score (nSPS) is 14.6. The van der Waals surface area contributed by atoms with Crippen LogP contribution in [0.3, 0.4) is 0 Å². The van der Waals surface area contributed by atoms with Crippen molar-refractivity contribution in [2.24, 2.45) is 10.9 Å². The first-order valence-corrected chi connectivity index (χ1v) is 9.49. The number of benzene rings is 1. The van der Waals surface area contributed by atoms with Crippen LogP contribution < -0.4 is 10.6 Å². The average Bonchev–Trinajstić information content (AvgIpc) is 3.11. The maximum absolute atomic E-state index is 12.0. The first kappa shape index (κ1) is 22.7. The zero-order chi connectivity index (χ0) is 17.9. The number of nitrogens with zero attached hydrogens (tertiary/aromatic N) is 2. The molecule has 1 aromatic rings. The Kier molecular flexibility index (Phi) is 11.3. The lowest BCUT2D eigenvalue weighted by Crippen LogP contribution is -2.39. The van der Waals surface area contributed by atoms with Gasteiger partial charge in [0.2, 0.25) is 5.91 Å². The highest BCUT2D eigenvalue weighted by molar-refractivity contribution is 14.0. The van der Waals surface area contributed by atoms with Crippen molar-refractivity contribution >= 4 is 35.8 Å². The van der Waals surface area contributed by atoms with Crippen molar-refractivity contribution in [1.82, 2.24) is 15.5 Å². The number of hydrogen-bond donors (Lipinski definition) is 2. The molecule has 0 aromatic heterocycles. The van der Waals surface area contributed by atoms with Gasteiger partial charge in [-0.05, 0) is 31.2 Å². The minimum absolute atomic E-state index is 0. The van der Waals surface area contributed by atoms with Crippen molar-refractivity contribution in [1.29, 1.82) is 0 Å². The molecule has 1 amide bonds. The van der Waals surface area contributed by atoms with Gasteiger partial charge >= 0.3 is 0 Å². The third-order valence-corrected chi connectivity index (χ3v) is 4.60. The lowest BCUT2D eigenvalue weighted by atomic mass is 10.0. The predicted molar refractivity (Wildman–Crippen MR) is 119 cm³/mol. The Morgan fingerprint density at radius 1 is 1.19 bits per heavy atom. The molecule has 1 saturated carbocycles. The molecule has 0 atom stereocenters. The molecular weight excluding hydrogens is 439 g/mol. The first-order valence-electron chi connectivity index (χ1n) is 9.49. The molecule has 1 aliphatic rings. The van der Waals surface area contributed by atoms with Gasteiger partial charge in [0.15, 0.2) is 5.96 Å². The maximum Gasteiger partial charge on any atom is 0.220 e. The molecule has 1 fully saturated rings. The fraction of sp³-hybridized carbons (Fsp3) is 0.600. The van der Waals surface area contributed by atoms with Gasteiger partial charge in [0.05, 0.1) is 6.54 Å². The summed E-state index contributed by atoms with van der Waals surface area (Å²) in [6.45, 7) is 4.89. The number of nitrogens with one attached hydrogen (secondary N) is 2. The highest BCUT2D eigenvalue weighted by Gasteiger charge is 2.17. The Labute approximate surface area is 175 Å². The average molecular weight is 472 g/mol. The van der Waals surface area contributed by atoms with E-state index in [1.54, 1.807) is 0 Å². The highest BCUT2D eigenvalue weighted by atomic mass is 127. The molecule has 0 aliphatic heterocycles. The van der Waals surface area contributed by atoms with Crippen LogP contribution in [0.4, 0.5) is 0 Å². The standard InChI is InChI=1S/C20H32N4O.HI/c1-3-21-20(24(2)16-18-11-5-4-6-12-18)23-14-13-22-19(25)15-17-9-7-8-10-17;/h4-6,11-12,17H,3,7-10,13-16H2,1-2H3,(H,21,23)(H,22,25);1H. The van der Waals surface area contributed by atoms with Crippen LogP contribution in [0.1, 0.15) is 44.6 Å². The third-order valence-electron chi connectivity index (χ3n) is 4.60. The summed E-state index contributed by atoms with van der Waals surface area (Å²) in [5, 5.41) is 6.32. The zero-order valence-electron chi connectivity index (χ0n) is 16.0. The summed E-state index contributed by atoms with van der Waals surface area (Å²) < 4.78 is 0. The number of aliphatic imine (C=N–C) groups is 1. The number of halogens is 1. The summed E-state index contributed by atoms with van der Waals surface area (Å²) in [4.78, 5) is 18.7. The van der Waals surface area contributed by atoms with E-state index in [4.69, 9.17) is 0 Å². The van der Waals surface area contributed by atoms with Crippen LogP contribution in [0.25, 0.3) is 0 Å². The Balaban J connectivity index is 0.00000338. The van der Waals surface area contributed by atoms with Crippen LogP contribution in [0.5, 0.6) is 0 Å². The van der Waals surface area contributed by atoms with Gasteiger partial charge < -0.3 is 15.5 Å². The zero-order valence-corrected chi connectivity index (χ0v) is 18.4. The summed E-state index contributed by atoms with van der Waals surface area (Å²) in [5.74, 6) is 1.64. The molecule has 1 aromatic carbocycles. The van der Waals surface area contributed by atoms with E-state index in [0.29, 0.717) is 25.4 Å². The summed E-state index contributed by atoms with van der Waals surface area (Å²) >= 11 is 0. The van der Waals surface area contributed by atoms with E-state index in [2.05, 4.69) is 39.6 Å². The van der Waals surface area contributed by atoms with Gasteiger partial charge in [-0.15, -0.1) is 24.0 Å². The second-order valence-electron chi connectivity index (χ2n) is 6.78. The largest absolute Gasteiger partial charge is 0.357 e. The summed E-state index contributed by atoms with van der Waals surface area (Å²) in [6, 6.07) is 10.4. The van der Waals surface area contributed by atoms with Crippen LogP contribution in [0, 0.1) is 5.92 Å². The Hall–Kier alpha value is -1.31. The molecule has 2 rings (SSSR count). The maximum atomic E-state index is 12.0. The molecule has 0 heterocycles. The summed E-state index contributed by atoms with van der Waals surface area (Å²) in [6.07, 6.45) is 5.66. The van der Waals surface area contributed by atoms with Crippen molar-refractivity contribution in [3.63, 3.8) is 0 Å². The second kappa shape index (κ2) is 12.9. The van der Waals surface area contributed by atoms with Gasteiger partial charge in [0.1, 0.15) is 0 Å². The summed E-state index contributed by atoms with van der Waals surface area (Å²) in [5.41, 5.74) is 1.25. The Morgan fingerprint density at radius 2 is 1.88 bits per heavy atom. The van der Waals surface area contributed by atoms with Crippen LogP contribution in [-0.4, -0.2) is 43.4 Å². The van der Waals surface area contributed by atoms with E-state index in [-0.39, 0.29) is 29.9 Å². The van der Waals surface area contributed by atoms with Gasteiger partial charge in [-0.1, -0.05) is 43.2 Å². The quantitative estimate of drug-likeness (QED) is 0.264. The van der Waals surface area contributed by atoms with E-state index in [9.17, 15) is 4.79 Å². The van der Waals surface area contributed by atoms with Crippen LogP contribution in [0.2, 0.25) is 0 Å². The lowest BCUT2D eigenvalue weighted by Gasteiger charge is -2.22. The van der Waals surface area contributed by atoms with E-state index in [0.717, 1.165) is 19.0 Å². The Bertz CT molecular complexity index is 544. The molecule has 0 unspecified atom stereocenters. The number of carbonyl (C=O) groups is 1. The summed E-state index contributed by atoms with van der Waals surface area (Å²) in [7, 11) is 2.03. The minimum atomic E-state index is 0. The van der Waals surface area contributed by atoms with E-state index >= 15 is 0 Å². The minimum Gasteiger partial charge on any atom is -0.357 e. The molecule has 5 nitrogen and oxygen atoms in total. The van der Waals surface area contributed by atoms with Crippen molar-refractivity contribution in [2.45, 2.75) is 45.6 Å². The van der Waals surface area contributed by atoms with Gasteiger partial charge in [0.25, 0.3) is 0 Å². The van der Waals surface area contributed by atoms with Crippen molar-refractivity contribution in [3.05, 3.63) is 35.9 Å². The lowest BCUT2D eigenvalue weighted by molar-refractivity contribution is -0.121. The monoisotopic (exact) mass is 472 g/mol. The molecule has 0 spiro atoms. The molecule has 2 N–H and O–H groups in total. The number of rotatable bonds is 8. The van der Waals surface area contributed by atoms with Crippen LogP contribution in [0.15, 0.2) is 35.3 Å². The molecule has 1 aliphatic carbocycles. The van der Waals surface area contributed by atoms with Gasteiger partial charge in [-0.3, -0.25) is 9.79 Å². The molecule has 6 heteroatoms. The number of hydrogen-bond acceptors (Lipinski definition) is 2. The number of guanidine groups is 1. The molecule has 26 heavy (non-hydrogen) atoms. The van der Waals surface area contributed by atoms with E-state index < -0.39 is 0 Å². The van der Waals surface area contributed by atoms with Crippen LogP contribution in [-0.2, 0) is 11.3 Å². The molecule has 0 bridgehead atoms. The van der Waals surface area contributed by atoms with Crippen molar-refractivity contribution in [3.8, 4) is 0 Å². The van der Waals surface area contributed by atoms with Crippen LogP contribution >= 0.6 is 24.0 Å². The SMILES string of the molecule is CCNC(=NCCNC(=O)CC1CCCC1)N(C)Cc1ccccc1.I. The Morgan fingerprint density at radius 3 is 2.54 bits per heavy atom. The van der Waals surface area contributed by atoms with E-state index in [1.807, 2.05) is 25.2 Å². The molecule has 146 valence electrons. The van der Waals surface area contributed by atoms with Gasteiger partial charge in [0, 0.05) is 33.1 Å². The van der Waals surface area contributed by atoms with Crippen molar-refractivity contribution in [2.75, 3.05) is 26.7 Å². The predicted octanol–water partition coefficient (Wildman–Crippen LogP) is 3.40. The fourth-order valence-corrected chi connectivity index (χ4v) is 3.31. The van der Waals surface area contributed by atoms with E-state index in [1.165, 1.54) is 31.2 Å². The fourth-order valence-electron chi connectivity index (χ4n) is 3.31. The highest BCUT2D eigenvalue weighted by Crippen LogP contribution is 2.27. The molecule has 0 radical (unpaired) electrons. The topological polar surface area (TPSA) is 56.7 Å². The number of carbonyl (C=O) groups excluding carboxylic acids is 1. The number of amides is 1. The third kappa shape index (κ3) is 8.38. The second-order valence-corrected chi connectivity index (χ2v) is 6.78. The first-order chi connectivity index (χ1) is 12.2. The smallest absolute Gasteiger partial charge is 0.220 e. The molecule has 0 saturated heterocycles.